The van der Waals surface area contributed by atoms with Gasteiger partial charge in [0, 0.05) is 30.2 Å². The van der Waals surface area contributed by atoms with Gasteiger partial charge in [0.05, 0.1) is 0 Å². The number of aryl methyl sites for hydroxylation is 1. The van der Waals surface area contributed by atoms with E-state index in [1.165, 1.54) is 5.56 Å². The minimum absolute atomic E-state index is 0.0915. The minimum atomic E-state index is -0.585. The topological polar surface area (TPSA) is 47.6 Å². The van der Waals surface area contributed by atoms with E-state index in [4.69, 9.17) is 21.1 Å². The fourth-order valence-corrected chi connectivity index (χ4v) is 3.59. The molecule has 1 amide bonds. The molecule has 1 aliphatic heterocycles. The zero-order chi connectivity index (χ0) is 19.3. The number of benzene rings is 2. The molecule has 1 aliphatic rings. The van der Waals surface area contributed by atoms with Crippen molar-refractivity contribution in [2.45, 2.75) is 38.2 Å². The zero-order valence-corrected chi connectivity index (χ0v) is 16.6. The number of amides is 1. The van der Waals surface area contributed by atoms with Crippen LogP contribution in [0.1, 0.15) is 30.9 Å². The third kappa shape index (κ3) is 4.82. The van der Waals surface area contributed by atoms with Crippen LogP contribution in [-0.2, 0) is 14.9 Å². The fourth-order valence-electron chi connectivity index (χ4n) is 3.47. The van der Waals surface area contributed by atoms with Crippen LogP contribution in [0.4, 0.5) is 0 Å². The van der Waals surface area contributed by atoms with E-state index >= 15 is 0 Å². The van der Waals surface area contributed by atoms with Gasteiger partial charge in [-0.1, -0.05) is 41.9 Å². The van der Waals surface area contributed by atoms with Crippen molar-refractivity contribution >= 4 is 17.5 Å². The van der Waals surface area contributed by atoms with Gasteiger partial charge in [-0.05, 0) is 56.0 Å². The second-order valence-electron chi connectivity index (χ2n) is 7.15. The SMILES string of the molecule is Cc1cc(O[C@@H](C)C(=O)NCC2(c3ccccc3)CCOCC2)ccc1Cl. The molecule has 144 valence electrons. The summed E-state index contributed by atoms with van der Waals surface area (Å²) >= 11 is 6.04. The number of halogens is 1. The van der Waals surface area contributed by atoms with Crippen molar-refractivity contribution in [3.05, 3.63) is 64.7 Å². The lowest BCUT2D eigenvalue weighted by Crippen LogP contribution is -2.47. The van der Waals surface area contributed by atoms with Crippen molar-refractivity contribution in [3.63, 3.8) is 0 Å². The lowest BCUT2D eigenvalue weighted by Gasteiger charge is -2.38. The van der Waals surface area contributed by atoms with Crippen molar-refractivity contribution in [3.8, 4) is 5.75 Å². The maximum absolute atomic E-state index is 12.6. The maximum Gasteiger partial charge on any atom is 0.260 e. The predicted molar refractivity (Wildman–Crippen MR) is 107 cm³/mol. The molecular formula is C22H26ClNO3. The molecule has 0 saturated carbocycles. The molecule has 2 aromatic rings. The van der Waals surface area contributed by atoms with E-state index in [9.17, 15) is 4.79 Å². The Labute approximate surface area is 165 Å². The second-order valence-corrected chi connectivity index (χ2v) is 7.55. The second kappa shape index (κ2) is 8.77. The van der Waals surface area contributed by atoms with E-state index in [-0.39, 0.29) is 11.3 Å². The van der Waals surface area contributed by atoms with Crippen LogP contribution < -0.4 is 10.1 Å². The summed E-state index contributed by atoms with van der Waals surface area (Å²) in [6.07, 6.45) is 1.20. The first-order chi connectivity index (χ1) is 13.0. The van der Waals surface area contributed by atoms with Gasteiger partial charge >= 0.3 is 0 Å². The summed E-state index contributed by atoms with van der Waals surface area (Å²) in [6, 6.07) is 15.8. The molecule has 1 N–H and O–H groups in total. The van der Waals surface area contributed by atoms with E-state index in [1.807, 2.05) is 31.2 Å². The highest BCUT2D eigenvalue weighted by molar-refractivity contribution is 6.31. The van der Waals surface area contributed by atoms with Crippen LogP contribution in [0.15, 0.2) is 48.5 Å². The molecule has 27 heavy (non-hydrogen) atoms. The van der Waals surface area contributed by atoms with Crippen LogP contribution in [0.3, 0.4) is 0 Å². The highest BCUT2D eigenvalue weighted by Gasteiger charge is 2.35. The summed E-state index contributed by atoms with van der Waals surface area (Å²) < 4.78 is 11.3. The number of carbonyl (C=O) groups excluding carboxylic acids is 1. The Hall–Kier alpha value is -2.04. The van der Waals surface area contributed by atoms with Gasteiger partial charge in [-0.3, -0.25) is 4.79 Å². The molecule has 1 fully saturated rings. The number of carbonyl (C=O) groups is 1. The van der Waals surface area contributed by atoms with Crippen LogP contribution >= 0.6 is 11.6 Å². The monoisotopic (exact) mass is 387 g/mol. The predicted octanol–water partition coefficient (Wildman–Crippen LogP) is 4.28. The van der Waals surface area contributed by atoms with Gasteiger partial charge in [-0.2, -0.15) is 0 Å². The molecule has 0 aliphatic carbocycles. The van der Waals surface area contributed by atoms with Gasteiger partial charge in [0.2, 0.25) is 0 Å². The third-order valence-electron chi connectivity index (χ3n) is 5.25. The standard InChI is InChI=1S/C22H26ClNO3/c1-16-14-19(8-9-20(16)23)27-17(2)21(25)24-15-22(10-12-26-13-11-22)18-6-4-3-5-7-18/h3-9,14,17H,10-13,15H2,1-2H3,(H,24,25)/t17-/m0/s1. The van der Waals surface area contributed by atoms with Crippen LogP contribution in [-0.4, -0.2) is 31.8 Å². The van der Waals surface area contributed by atoms with Crippen molar-refractivity contribution in [2.24, 2.45) is 0 Å². The Morgan fingerprint density at radius 3 is 2.59 bits per heavy atom. The lowest BCUT2D eigenvalue weighted by molar-refractivity contribution is -0.127. The summed E-state index contributed by atoms with van der Waals surface area (Å²) in [7, 11) is 0. The normalized spacial score (nSPS) is 17.1. The van der Waals surface area contributed by atoms with Gasteiger partial charge in [-0.25, -0.2) is 0 Å². The molecule has 5 heteroatoms. The first-order valence-electron chi connectivity index (χ1n) is 9.34. The van der Waals surface area contributed by atoms with Crippen molar-refractivity contribution in [2.75, 3.05) is 19.8 Å². The van der Waals surface area contributed by atoms with Gasteiger partial charge in [0.1, 0.15) is 5.75 Å². The molecule has 0 unspecified atom stereocenters. The summed E-state index contributed by atoms with van der Waals surface area (Å²) in [4.78, 5) is 12.6. The lowest BCUT2D eigenvalue weighted by atomic mass is 9.74. The Bertz CT molecular complexity index is 772. The highest BCUT2D eigenvalue weighted by Crippen LogP contribution is 2.34. The first kappa shape index (κ1) is 19.7. The molecule has 1 atom stereocenters. The van der Waals surface area contributed by atoms with Crippen LogP contribution in [0.5, 0.6) is 5.75 Å². The molecule has 2 aromatic carbocycles. The van der Waals surface area contributed by atoms with Crippen LogP contribution in [0.2, 0.25) is 5.02 Å². The highest BCUT2D eigenvalue weighted by atomic mass is 35.5. The van der Waals surface area contributed by atoms with Crippen molar-refractivity contribution in [1.82, 2.24) is 5.32 Å². The van der Waals surface area contributed by atoms with Crippen LogP contribution in [0, 0.1) is 6.92 Å². The number of ether oxygens (including phenoxy) is 2. The molecule has 4 nitrogen and oxygen atoms in total. The first-order valence-corrected chi connectivity index (χ1v) is 9.72. The fraction of sp³-hybridized carbons (Fsp3) is 0.409. The smallest absolute Gasteiger partial charge is 0.260 e. The zero-order valence-electron chi connectivity index (χ0n) is 15.8. The van der Waals surface area contributed by atoms with Gasteiger partial charge in [-0.15, -0.1) is 0 Å². The number of rotatable bonds is 6. The largest absolute Gasteiger partial charge is 0.481 e. The number of hydrogen-bond donors (Lipinski definition) is 1. The molecule has 1 heterocycles. The summed E-state index contributed by atoms with van der Waals surface area (Å²) in [5.74, 6) is 0.521. The number of hydrogen-bond acceptors (Lipinski definition) is 3. The molecule has 0 spiro atoms. The van der Waals surface area contributed by atoms with Crippen molar-refractivity contribution < 1.29 is 14.3 Å². The average molecular weight is 388 g/mol. The summed E-state index contributed by atoms with van der Waals surface area (Å²) in [5, 5.41) is 3.78. The molecule has 0 bridgehead atoms. The summed E-state index contributed by atoms with van der Waals surface area (Å²) in [5.41, 5.74) is 2.08. The quantitative estimate of drug-likeness (QED) is 0.804. The minimum Gasteiger partial charge on any atom is -0.481 e. The van der Waals surface area contributed by atoms with Gasteiger partial charge in [0.15, 0.2) is 6.10 Å². The third-order valence-corrected chi connectivity index (χ3v) is 5.67. The van der Waals surface area contributed by atoms with E-state index in [0.717, 1.165) is 18.4 Å². The Balaban J connectivity index is 1.64. The maximum atomic E-state index is 12.6. The van der Waals surface area contributed by atoms with E-state index in [1.54, 1.807) is 19.1 Å². The van der Waals surface area contributed by atoms with E-state index < -0.39 is 6.10 Å². The average Bonchev–Trinajstić information content (AvgIpc) is 2.70. The Morgan fingerprint density at radius 1 is 1.22 bits per heavy atom. The number of nitrogens with one attached hydrogen (secondary N) is 1. The van der Waals surface area contributed by atoms with E-state index in [2.05, 4.69) is 17.4 Å². The van der Waals surface area contributed by atoms with Crippen LogP contribution in [0.25, 0.3) is 0 Å². The molecule has 0 radical (unpaired) electrons. The molecular weight excluding hydrogens is 362 g/mol. The Morgan fingerprint density at radius 2 is 1.93 bits per heavy atom. The Kier molecular flexibility index (Phi) is 6.40. The molecule has 1 saturated heterocycles. The molecule has 3 rings (SSSR count). The van der Waals surface area contributed by atoms with Gasteiger partial charge < -0.3 is 14.8 Å². The van der Waals surface area contributed by atoms with Gasteiger partial charge in [0.25, 0.3) is 5.91 Å². The van der Waals surface area contributed by atoms with E-state index in [0.29, 0.717) is 30.5 Å². The van der Waals surface area contributed by atoms with Crippen molar-refractivity contribution in [1.29, 1.82) is 0 Å². The summed E-state index contributed by atoms with van der Waals surface area (Å²) in [6.45, 7) is 5.67. The molecule has 0 aromatic heterocycles.